The van der Waals surface area contributed by atoms with Crippen LogP contribution in [0.15, 0.2) is 24.3 Å². The second-order valence-corrected chi connectivity index (χ2v) is 7.23. The highest BCUT2D eigenvalue weighted by molar-refractivity contribution is 5.97. The van der Waals surface area contributed by atoms with E-state index in [1.165, 1.54) is 18.4 Å². The summed E-state index contributed by atoms with van der Waals surface area (Å²) in [5, 5.41) is 0. The van der Waals surface area contributed by atoms with Crippen LogP contribution in [-0.4, -0.2) is 30.3 Å². The maximum absolute atomic E-state index is 12.3. The van der Waals surface area contributed by atoms with Crippen molar-refractivity contribution < 1.29 is 4.79 Å². The summed E-state index contributed by atoms with van der Waals surface area (Å²) in [6.45, 7) is 11.5. The Balaban J connectivity index is 1.99. The van der Waals surface area contributed by atoms with Gasteiger partial charge in [-0.1, -0.05) is 52.0 Å². The molecule has 2 rings (SSSR count). The maximum atomic E-state index is 12.3. The molecule has 1 saturated heterocycles. The van der Waals surface area contributed by atoms with Crippen molar-refractivity contribution in [1.29, 1.82) is 0 Å². The quantitative estimate of drug-likeness (QED) is 0.779. The largest absolute Gasteiger partial charge is 0.296 e. The first-order valence-corrected chi connectivity index (χ1v) is 7.72. The highest BCUT2D eigenvalue weighted by Gasteiger charge is 2.19. The lowest BCUT2D eigenvalue weighted by Crippen LogP contribution is -2.37. The molecule has 0 spiro atoms. The van der Waals surface area contributed by atoms with Gasteiger partial charge in [0.15, 0.2) is 5.78 Å². The van der Waals surface area contributed by atoms with Gasteiger partial charge in [-0.25, -0.2) is 0 Å². The Morgan fingerprint density at radius 2 is 1.90 bits per heavy atom. The number of hydrogen-bond acceptors (Lipinski definition) is 2. The summed E-state index contributed by atoms with van der Waals surface area (Å²) in [7, 11) is 0. The van der Waals surface area contributed by atoms with E-state index in [0.717, 1.165) is 24.6 Å². The number of piperidine rings is 1. The molecule has 20 heavy (non-hydrogen) atoms. The van der Waals surface area contributed by atoms with Crippen LogP contribution >= 0.6 is 0 Å². The molecule has 0 amide bonds. The summed E-state index contributed by atoms with van der Waals surface area (Å²) in [5.41, 5.74) is 2.26. The van der Waals surface area contributed by atoms with Crippen molar-refractivity contribution in [1.82, 2.24) is 4.90 Å². The number of hydrogen-bond donors (Lipinski definition) is 0. The van der Waals surface area contributed by atoms with Crippen molar-refractivity contribution in [3.63, 3.8) is 0 Å². The zero-order chi connectivity index (χ0) is 14.8. The van der Waals surface area contributed by atoms with Crippen LogP contribution in [0.4, 0.5) is 0 Å². The van der Waals surface area contributed by atoms with Gasteiger partial charge in [0, 0.05) is 12.1 Å². The smallest absolute Gasteiger partial charge is 0.176 e. The van der Waals surface area contributed by atoms with Gasteiger partial charge >= 0.3 is 0 Å². The third-order valence-electron chi connectivity index (χ3n) is 4.18. The van der Waals surface area contributed by atoms with Crippen molar-refractivity contribution in [2.45, 2.75) is 46.0 Å². The van der Waals surface area contributed by atoms with Crippen molar-refractivity contribution in [3.8, 4) is 0 Å². The molecule has 110 valence electrons. The lowest BCUT2D eigenvalue weighted by molar-refractivity contribution is 0.0893. The zero-order valence-corrected chi connectivity index (χ0v) is 13.3. The number of rotatable bonds is 3. The van der Waals surface area contributed by atoms with Crippen molar-refractivity contribution in [2.75, 3.05) is 19.6 Å². The van der Waals surface area contributed by atoms with Crippen LogP contribution < -0.4 is 0 Å². The highest BCUT2D eigenvalue weighted by atomic mass is 16.1. The van der Waals surface area contributed by atoms with Crippen LogP contribution in [0.1, 0.15) is 56.5 Å². The number of nitrogens with zero attached hydrogens (tertiary/aromatic N) is 1. The monoisotopic (exact) mass is 273 g/mol. The standard InChI is InChI=1S/C18H27NO/c1-14-6-5-11-19(12-14)13-17(20)15-7-9-16(10-8-15)18(2,3)4/h7-10,14H,5-6,11-13H2,1-4H3. The summed E-state index contributed by atoms with van der Waals surface area (Å²) >= 11 is 0. The Hall–Kier alpha value is -1.15. The second kappa shape index (κ2) is 6.09. The molecular formula is C18H27NO. The first-order chi connectivity index (χ1) is 9.36. The zero-order valence-electron chi connectivity index (χ0n) is 13.3. The molecule has 1 unspecified atom stereocenters. The summed E-state index contributed by atoms with van der Waals surface area (Å²) in [5.74, 6) is 0.972. The number of likely N-dealkylation sites (tertiary alicyclic amines) is 1. The molecule has 0 radical (unpaired) electrons. The molecule has 1 aromatic carbocycles. The molecule has 0 aromatic heterocycles. The maximum Gasteiger partial charge on any atom is 0.176 e. The minimum atomic E-state index is 0.143. The predicted molar refractivity (Wildman–Crippen MR) is 84.3 cm³/mol. The van der Waals surface area contributed by atoms with Crippen molar-refractivity contribution in [3.05, 3.63) is 35.4 Å². The lowest BCUT2D eigenvalue weighted by Gasteiger charge is -2.30. The first-order valence-electron chi connectivity index (χ1n) is 7.72. The number of carbonyl (C=O) groups is 1. The van der Waals surface area contributed by atoms with Crippen LogP contribution in [0.3, 0.4) is 0 Å². The van der Waals surface area contributed by atoms with E-state index in [2.05, 4.69) is 44.7 Å². The molecule has 0 N–H and O–H groups in total. The Bertz CT molecular complexity index is 455. The molecule has 2 nitrogen and oxygen atoms in total. The minimum Gasteiger partial charge on any atom is -0.296 e. The Labute approximate surface area is 123 Å². The Morgan fingerprint density at radius 3 is 2.45 bits per heavy atom. The third-order valence-corrected chi connectivity index (χ3v) is 4.18. The topological polar surface area (TPSA) is 20.3 Å². The summed E-state index contributed by atoms with van der Waals surface area (Å²) < 4.78 is 0. The molecule has 2 heteroatoms. The fourth-order valence-corrected chi connectivity index (χ4v) is 2.88. The van der Waals surface area contributed by atoms with Crippen LogP contribution in [0.5, 0.6) is 0 Å². The SMILES string of the molecule is CC1CCCN(CC(=O)c2ccc(C(C)(C)C)cc2)C1. The lowest BCUT2D eigenvalue weighted by atomic mass is 9.86. The van der Waals surface area contributed by atoms with E-state index >= 15 is 0 Å². The van der Waals surface area contributed by atoms with Crippen LogP contribution in [-0.2, 0) is 5.41 Å². The van der Waals surface area contributed by atoms with Gasteiger partial charge in [-0.05, 0) is 36.3 Å². The van der Waals surface area contributed by atoms with Crippen LogP contribution in [0.2, 0.25) is 0 Å². The van der Waals surface area contributed by atoms with Gasteiger partial charge in [0.2, 0.25) is 0 Å². The number of carbonyl (C=O) groups excluding carboxylic acids is 1. The molecular weight excluding hydrogens is 246 g/mol. The van der Waals surface area contributed by atoms with Gasteiger partial charge in [-0.3, -0.25) is 9.69 Å². The van der Waals surface area contributed by atoms with Gasteiger partial charge in [0.25, 0.3) is 0 Å². The first kappa shape index (κ1) is 15.2. The van der Waals surface area contributed by atoms with Gasteiger partial charge in [-0.15, -0.1) is 0 Å². The summed E-state index contributed by atoms with van der Waals surface area (Å²) in [4.78, 5) is 14.6. The van der Waals surface area contributed by atoms with Gasteiger partial charge in [0.05, 0.1) is 6.54 Å². The second-order valence-electron chi connectivity index (χ2n) is 7.23. The van der Waals surface area contributed by atoms with Gasteiger partial charge < -0.3 is 0 Å². The highest BCUT2D eigenvalue weighted by Crippen LogP contribution is 2.22. The number of benzene rings is 1. The average molecular weight is 273 g/mol. The molecule has 1 aromatic rings. The number of ketones is 1. The third kappa shape index (κ3) is 3.92. The number of Topliss-reactive ketones (excluding diaryl/α,β-unsaturated/α-hetero) is 1. The van der Waals surface area contributed by atoms with Gasteiger partial charge in [-0.2, -0.15) is 0 Å². The molecule has 0 saturated carbocycles. The van der Waals surface area contributed by atoms with E-state index in [9.17, 15) is 4.79 Å². The minimum absolute atomic E-state index is 0.143. The van der Waals surface area contributed by atoms with E-state index in [0.29, 0.717) is 6.54 Å². The van der Waals surface area contributed by atoms with Crippen molar-refractivity contribution >= 4 is 5.78 Å². The Morgan fingerprint density at radius 1 is 1.25 bits per heavy atom. The van der Waals surface area contributed by atoms with Crippen LogP contribution in [0.25, 0.3) is 0 Å². The fourth-order valence-electron chi connectivity index (χ4n) is 2.88. The predicted octanol–water partition coefficient (Wildman–Crippen LogP) is 3.90. The normalized spacial score (nSPS) is 20.9. The summed E-state index contributed by atoms with van der Waals surface area (Å²) in [6.07, 6.45) is 2.52. The van der Waals surface area contributed by atoms with E-state index in [4.69, 9.17) is 0 Å². The summed E-state index contributed by atoms with van der Waals surface area (Å²) in [6, 6.07) is 8.14. The van der Waals surface area contributed by atoms with E-state index in [1.54, 1.807) is 0 Å². The molecule has 1 aliphatic heterocycles. The molecule has 1 heterocycles. The van der Waals surface area contributed by atoms with Crippen LogP contribution in [0, 0.1) is 5.92 Å². The van der Waals surface area contributed by atoms with E-state index in [-0.39, 0.29) is 11.2 Å². The molecule has 0 bridgehead atoms. The van der Waals surface area contributed by atoms with E-state index < -0.39 is 0 Å². The van der Waals surface area contributed by atoms with Gasteiger partial charge in [0.1, 0.15) is 0 Å². The average Bonchev–Trinajstić information content (AvgIpc) is 2.38. The van der Waals surface area contributed by atoms with Crippen molar-refractivity contribution in [2.24, 2.45) is 5.92 Å². The van der Waals surface area contributed by atoms with E-state index in [1.807, 2.05) is 12.1 Å². The molecule has 0 aliphatic carbocycles. The molecule has 1 atom stereocenters. The molecule has 1 aliphatic rings. The molecule has 1 fully saturated rings. The Kier molecular flexibility index (Phi) is 4.64. The fraction of sp³-hybridized carbons (Fsp3) is 0.611.